The highest BCUT2D eigenvalue weighted by molar-refractivity contribution is 5.77. The SMILES string of the molecule is CCC(NCC(=O)NCCCOC)C(C)C. The number of amides is 1. The summed E-state index contributed by atoms with van der Waals surface area (Å²) in [5, 5.41) is 6.12. The van der Waals surface area contributed by atoms with Crippen LogP contribution in [0.5, 0.6) is 0 Å². The van der Waals surface area contributed by atoms with E-state index in [0.717, 1.165) is 12.8 Å². The number of nitrogens with one attached hydrogen (secondary N) is 2. The summed E-state index contributed by atoms with van der Waals surface area (Å²) in [6.07, 6.45) is 1.91. The van der Waals surface area contributed by atoms with Crippen LogP contribution in [-0.4, -0.2) is 38.8 Å². The van der Waals surface area contributed by atoms with Gasteiger partial charge in [-0.1, -0.05) is 20.8 Å². The average molecular weight is 230 g/mol. The van der Waals surface area contributed by atoms with E-state index in [0.29, 0.717) is 31.7 Å². The highest BCUT2D eigenvalue weighted by Crippen LogP contribution is 2.04. The number of hydrogen-bond donors (Lipinski definition) is 2. The molecule has 16 heavy (non-hydrogen) atoms. The van der Waals surface area contributed by atoms with Crippen molar-refractivity contribution in [2.75, 3.05) is 26.8 Å². The zero-order valence-electron chi connectivity index (χ0n) is 11.0. The van der Waals surface area contributed by atoms with Crippen molar-refractivity contribution in [2.24, 2.45) is 5.92 Å². The molecule has 0 aromatic carbocycles. The fourth-order valence-electron chi connectivity index (χ4n) is 1.58. The Kier molecular flexibility index (Phi) is 9.24. The van der Waals surface area contributed by atoms with Gasteiger partial charge in [0.2, 0.25) is 5.91 Å². The van der Waals surface area contributed by atoms with E-state index in [4.69, 9.17) is 4.74 Å². The zero-order valence-corrected chi connectivity index (χ0v) is 11.0. The Labute approximate surface area is 99.1 Å². The first-order valence-corrected chi connectivity index (χ1v) is 6.10. The molecule has 1 atom stereocenters. The summed E-state index contributed by atoms with van der Waals surface area (Å²) in [4.78, 5) is 11.4. The zero-order chi connectivity index (χ0) is 12.4. The summed E-state index contributed by atoms with van der Waals surface area (Å²) in [5.74, 6) is 0.626. The highest BCUT2D eigenvalue weighted by Gasteiger charge is 2.11. The first kappa shape index (κ1) is 15.4. The number of hydrogen-bond acceptors (Lipinski definition) is 3. The maximum Gasteiger partial charge on any atom is 0.233 e. The van der Waals surface area contributed by atoms with E-state index in [1.807, 2.05) is 0 Å². The molecule has 2 N–H and O–H groups in total. The van der Waals surface area contributed by atoms with Crippen LogP contribution in [0.3, 0.4) is 0 Å². The van der Waals surface area contributed by atoms with Gasteiger partial charge in [-0.05, 0) is 18.8 Å². The lowest BCUT2D eigenvalue weighted by Gasteiger charge is -2.20. The lowest BCUT2D eigenvalue weighted by Crippen LogP contribution is -2.41. The van der Waals surface area contributed by atoms with Gasteiger partial charge in [-0.3, -0.25) is 4.79 Å². The van der Waals surface area contributed by atoms with Crippen LogP contribution in [0, 0.1) is 5.92 Å². The first-order chi connectivity index (χ1) is 7.61. The average Bonchev–Trinajstić information content (AvgIpc) is 2.25. The summed E-state index contributed by atoms with van der Waals surface area (Å²) in [6.45, 7) is 8.25. The molecule has 4 heteroatoms. The van der Waals surface area contributed by atoms with Gasteiger partial charge in [-0.25, -0.2) is 0 Å². The molecule has 0 aliphatic rings. The Hall–Kier alpha value is -0.610. The molecule has 0 saturated carbocycles. The lowest BCUT2D eigenvalue weighted by molar-refractivity contribution is -0.120. The largest absolute Gasteiger partial charge is 0.385 e. The van der Waals surface area contributed by atoms with E-state index >= 15 is 0 Å². The molecule has 4 nitrogen and oxygen atoms in total. The molecular weight excluding hydrogens is 204 g/mol. The molecule has 0 radical (unpaired) electrons. The number of methoxy groups -OCH3 is 1. The molecule has 0 spiro atoms. The van der Waals surface area contributed by atoms with E-state index in [1.54, 1.807) is 7.11 Å². The molecule has 0 heterocycles. The van der Waals surface area contributed by atoms with Crippen molar-refractivity contribution < 1.29 is 9.53 Å². The van der Waals surface area contributed by atoms with Crippen LogP contribution in [0.2, 0.25) is 0 Å². The summed E-state index contributed by atoms with van der Waals surface area (Å²) in [5.41, 5.74) is 0. The van der Waals surface area contributed by atoms with Gasteiger partial charge in [0.1, 0.15) is 0 Å². The number of ether oxygens (including phenoxy) is 1. The quantitative estimate of drug-likeness (QED) is 0.584. The van der Waals surface area contributed by atoms with Crippen LogP contribution in [0.1, 0.15) is 33.6 Å². The van der Waals surface area contributed by atoms with Crippen LogP contribution in [0.4, 0.5) is 0 Å². The number of rotatable bonds is 9. The van der Waals surface area contributed by atoms with Crippen molar-refractivity contribution in [2.45, 2.75) is 39.7 Å². The standard InChI is InChI=1S/C12H26N2O2/c1-5-11(10(2)3)14-9-12(15)13-7-6-8-16-4/h10-11,14H,5-9H2,1-4H3,(H,13,15). The molecule has 0 aliphatic heterocycles. The van der Waals surface area contributed by atoms with Gasteiger partial charge in [0.15, 0.2) is 0 Å². The molecule has 96 valence electrons. The molecule has 1 unspecified atom stereocenters. The van der Waals surface area contributed by atoms with Gasteiger partial charge in [0.05, 0.1) is 6.54 Å². The second-order valence-electron chi connectivity index (χ2n) is 4.34. The van der Waals surface area contributed by atoms with E-state index in [1.165, 1.54) is 0 Å². The molecule has 0 rings (SSSR count). The monoisotopic (exact) mass is 230 g/mol. The van der Waals surface area contributed by atoms with E-state index in [2.05, 4.69) is 31.4 Å². The third-order valence-corrected chi connectivity index (χ3v) is 2.62. The summed E-state index contributed by atoms with van der Waals surface area (Å²) >= 11 is 0. The van der Waals surface area contributed by atoms with Crippen LogP contribution in [0.25, 0.3) is 0 Å². The minimum Gasteiger partial charge on any atom is -0.385 e. The van der Waals surface area contributed by atoms with E-state index in [9.17, 15) is 4.79 Å². The molecule has 0 aliphatic carbocycles. The van der Waals surface area contributed by atoms with E-state index < -0.39 is 0 Å². The van der Waals surface area contributed by atoms with Crippen LogP contribution in [-0.2, 0) is 9.53 Å². The fraction of sp³-hybridized carbons (Fsp3) is 0.917. The number of carbonyl (C=O) groups excluding carboxylic acids is 1. The minimum atomic E-state index is 0.0650. The highest BCUT2D eigenvalue weighted by atomic mass is 16.5. The molecule has 0 saturated heterocycles. The van der Waals surface area contributed by atoms with Crippen LogP contribution >= 0.6 is 0 Å². The Morgan fingerprint density at radius 2 is 2.06 bits per heavy atom. The topological polar surface area (TPSA) is 50.4 Å². The van der Waals surface area contributed by atoms with Gasteiger partial charge in [-0.15, -0.1) is 0 Å². The molecule has 0 aromatic heterocycles. The predicted molar refractivity (Wildman–Crippen MR) is 66.4 cm³/mol. The summed E-state index contributed by atoms with van der Waals surface area (Å²) in [7, 11) is 1.66. The lowest BCUT2D eigenvalue weighted by atomic mass is 10.0. The normalized spacial score (nSPS) is 12.8. The molecule has 0 bridgehead atoms. The van der Waals surface area contributed by atoms with Gasteiger partial charge >= 0.3 is 0 Å². The smallest absolute Gasteiger partial charge is 0.233 e. The minimum absolute atomic E-state index is 0.0650. The summed E-state index contributed by atoms with van der Waals surface area (Å²) < 4.78 is 4.90. The van der Waals surface area contributed by atoms with Gasteiger partial charge in [0, 0.05) is 26.3 Å². The third-order valence-electron chi connectivity index (χ3n) is 2.62. The molecule has 0 aromatic rings. The third kappa shape index (κ3) is 7.65. The Morgan fingerprint density at radius 1 is 1.38 bits per heavy atom. The van der Waals surface area contributed by atoms with Crippen molar-refractivity contribution >= 4 is 5.91 Å². The summed E-state index contributed by atoms with van der Waals surface area (Å²) in [6, 6.07) is 0.421. The number of carbonyl (C=O) groups is 1. The van der Waals surface area contributed by atoms with Crippen molar-refractivity contribution in [3.05, 3.63) is 0 Å². The Morgan fingerprint density at radius 3 is 2.56 bits per heavy atom. The maximum atomic E-state index is 11.4. The van der Waals surface area contributed by atoms with Gasteiger partial charge < -0.3 is 15.4 Å². The van der Waals surface area contributed by atoms with Crippen molar-refractivity contribution in [3.8, 4) is 0 Å². The van der Waals surface area contributed by atoms with Crippen molar-refractivity contribution in [1.82, 2.24) is 10.6 Å². The van der Waals surface area contributed by atoms with Crippen LogP contribution < -0.4 is 10.6 Å². The Bertz CT molecular complexity index is 184. The molecular formula is C12H26N2O2. The van der Waals surface area contributed by atoms with Crippen LogP contribution in [0.15, 0.2) is 0 Å². The predicted octanol–water partition coefficient (Wildman–Crippen LogP) is 1.16. The fourth-order valence-corrected chi connectivity index (χ4v) is 1.58. The van der Waals surface area contributed by atoms with Crippen molar-refractivity contribution in [1.29, 1.82) is 0 Å². The Balaban J connectivity index is 3.55. The molecule has 1 amide bonds. The van der Waals surface area contributed by atoms with Crippen molar-refractivity contribution in [3.63, 3.8) is 0 Å². The second-order valence-corrected chi connectivity index (χ2v) is 4.34. The second kappa shape index (κ2) is 9.60. The molecule has 0 fully saturated rings. The van der Waals surface area contributed by atoms with E-state index in [-0.39, 0.29) is 5.91 Å². The first-order valence-electron chi connectivity index (χ1n) is 6.10. The van der Waals surface area contributed by atoms with Gasteiger partial charge in [-0.2, -0.15) is 0 Å². The maximum absolute atomic E-state index is 11.4. The van der Waals surface area contributed by atoms with Gasteiger partial charge in [0.25, 0.3) is 0 Å².